The number of rotatable bonds is 15. The zero-order valence-electron chi connectivity index (χ0n) is 39.2. The monoisotopic (exact) mass is 914 g/mol. The summed E-state index contributed by atoms with van der Waals surface area (Å²) in [5.74, 6) is 1.71. The number of nitrogens with zero attached hydrogens (tertiary/aromatic N) is 4. The maximum atomic E-state index is 12.8. The van der Waals surface area contributed by atoms with Gasteiger partial charge in [0.15, 0.2) is 22.7 Å². The molecule has 13 nitrogen and oxygen atoms in total. The predicted octanol–water partition coefficient (Wildman–Crippen LogP) is 9.34. The third-order valence-electron chi connectivity index (χ3n) is 13.2. The van der Waals surface area contributed by atoms with Crippen molar-refractivity contribution in [2.24, 2.45) is 11.3 Å². The van der Waals surface area contributed by atoms with E-state index in [1.807, 2.05) is 10.6 Å². The second-order valence-corrected chi connectivity index (χ2v) is 19.4. The summed E-state index contributed by atoms with van der Waals surface area (Å²) in [7, 11) is 3.37. The predicted molar refractivity (Wildman–Crippen MR) is 259 cm³/mol. The van der Waals surface area contributed by atoms with E-state index in [0.717, 1.165) is 90.3 Å². The Labute approximate surface area is 390 Å². The van der Waals surface area contributed by atoms with Gasteiger partial charge in [0, 0.05) is 82.2 Å². The lowest BCUT2D eigenvalue weighted by molar-refractivity contribution is 0.100. The van der Waals surface area contributed by atoms with Crippen LogP contribution in [0.5, 0.6) is 17.2 Å². The van der Waals surface area contributed by atoms with Gasteiger partial charge in [-0.05, 0) is 93.9 Å². The molecule has 6 heterocycles. The normalized spacial score (nSPS) is 18.1. The largest absolute Gasteiger partial charge is 0.503 e. The number of ketones is 2. The number of carbonyl (C=O) groups excluding carboxylic acids is 2. The second kappa shape index (κ2) is 20.4. The molecule has 0 aromatic carbocycles. The third kappa shape index (κ3) is 10.4. The third-order valence-corrected chi connectivity index (χ3v) is 13.2. The van der Waals surface area contributed by atoms with Crippen molar-refractivity contribution in [3.63, 3.8) is 0 Å². The number of carbonyl (C=O) groups is 2. The molecule has 4 aromatic heterocycles. The number of hydrogen-bond donors (Lipinski definition) is 1. The average molecular weight is 915 g/mol. The molecule has 0 saturated heterocycles. The first kappa shape index (κ1) is 51.2. The lowest BCUT2D eigenvalue weighted by atomic mass is 9.78. The number of pyridine rings is 4. The highest BCUT2D eigenvalue weighted by molar-refractivity contribution is 7.59. The fourth-order valence-corrected chi connectivity index (χ4v) is 8.85. The van der Waals surface area contributed by atoms with Crippen molar-refractivity contribution in [2.45, 2.75) is 138 Å². The minimum atomic E-state index is -0.640. The van der Waals surface area contributed by atoms with E-state index in [-0.39, 0.29) is 72.0 Å². The molecule has 2 saturated carbocycles. The Hall–Kier alpha value is -4.79. The molecule has 0 spiro atoms. The Morgan fingerprint density at radius 2 is 1.34 bits per heavy atom. The van der Waals surface area contributed by atoms with Crippen LogP contribution in [0.25, 0.3) is 22.8 Å². The van der Waals surface area contributed by atoms with Crippen LogP contribution in [0.15, 0.2) is 40.2 Å². The van der Waals surface area contributed by atoms with Crippen molar-refractivity contribution in [2.75, 3.05) is 40.6 Å². The van der Waals surface area contributed by atoms with Crippen molar-refractivity contribution in [1.82, 2.24) is 19.1 Å². The Morgan fingerprint density at radius 1 is 0.815 bits per heavy atom. The highest BCUT2D eigenvalue weighted by atomic mass is 32.1. The summed E-state index contributed by atoms with van der Waals surface area (Å²) in [4.78, 5) is 59.7. The molecular weight excluding hydrogens is 845 g/mol. The van der Waals surface area contributed by atoms with Crippen LogP contribution < -0.4 is 20.3 Å². The zero-order chi connectivity index (χ0) is 45.5. The second-order valence-electron chi connectivity index (χ2n) is 19.4. The molecule has 14 heteroatoms. The first-order chi connectivity index (χ1) is 29.9. The lowest BCUT2D eigenvalue weighted by Crippen LogP contribution is -2.43. The Balaban J connectivity index is 0.000000237. The molecule has 2 aliphatic carbocycles. The molecule has 4 aromatic rings. The fourth-order valence-electron chi connectivity index (χ4n) is 8.85. The average Bonchev–Trinajstić information content (AvgIpc) is 4.16. The molecule has 1 unspecified atom stereocenters. The highest BCUT2D eigenvalue weighted by Gasteiger charge is 2.41. The molecule has 354 valence electrons. The molecule has 65 heavy (non-hydrogen) atoms. The maximum absolute atomic E-state index is 12.8. The molecule has 0 amide bonds. The lowest BCUT2D eigenvalue weighted by Gasteiger charge is -2.42. The smallest absolute Gasteiger partial charge is 0.234 e. The summed E-state index contributed by atoms with van der Waals surface area (Å²) < 4.78 is 26.5. The van der Waals surface area contributed by atoms with Crippen LogP contribution in [-0.2, 0) is 27.9 Å². The molecule has 8 rings (SSSR count). The number of aromatic hydroxyl groups is 1. The fraction of sp³-hybridized carbons (Fsp3) is 0.569. The van der Waals surface area contributed by atoms with Gasteiger partial charge in [0.05, 0.1) is 52.8 Å². The summed E-state index contributed by atoms with van der Waals surface area (Å²) in [5, 5.41) is 10.9. The minimum absolute atomic E-state index is 0. The van der Waals surface area contributed by atoms with Crippen LogP contribution in [0.3, 0.4) is 0 Å². The van der Waals surface area contributed by atoms with Crippen molar-refractivity contribution in [3.05, 3.63) is 84.7 Å². The maximum Gasteiger partial charge on any atom is 0.234 e. The summed E-state index contributed by atoms with van der Waals surface area (Å²) in [5.41, 5.74) is 5.44. The molecule has 1 N–H and O–H groups in total. The summed E-state index contributed by atoms with van der Waals surface area (Å²) >= 11 is 0. The van der Waals surface area contributed by atoms with Crippen LogP contribution >= 0.6 is 13.5 Å². The van der Waals surface area contributed by atoms with E-state index in [2.05, 4.69) is 52.2 Å². The van der Waals surface area contributed by atoms with Crippen LogP contribution in [0, 0.1) is 11.3 Å². The molecule has 2 fully saturated rings. The number of Topliss-reactive ketones (excluding diaryl/α,β-unsaturated/α-hetero) is 2. The van der Waals surface area contributed by atoms with Gasteiger partial charge >= 0.3 is 0 Å². The first-order valence-corrected chi connectivity index (χ1v) is 22.5. The Morgan fingerprint density at radius 3 is 1.82 bits per heavy atom. The van der Waals surface area contributed by atoms with Crippen LogP contribution in [-0.4, -0.2) is 76.4 Å². The number of aromatic nitrogens is 4. The van der Waals surface area contributed by atoms with Crippen LogP contribution in [0.4, 0.5) is 0 Å². The quantitative estimate of drug-likeness (QED) is 0.0894. The summed E-state index contributed by atoms with van der Waals surface area (Å²) in [6.07, 6.45) is 10.7. The van der Waals surface area contributed by atoms with E-state index >= 15 is 0 Å². The van der Waals surface area contributed by atoms with Gasteiger partial charge in [0.2, 0.25) is 5.43 Å². The summed E-state index contributed by atoms with van der Waals surface area (Å²) in [6, 6.07) is 5.70. The first-order valence-electron chi connectivity index (χ1n) is 22.5. The number of ether oxygens (including phenoxy) is 4. The molecule has 2 aliphatic heterocycles. The van der Waals surface area contributed by atoms with E-state index in [9.17, 15) is 24.3 Å². The molecule has 0 radical (unpaired) electrons. The van der Waals surface area contributed by atoms with Gasteiger partial charge in [-0.25, -0.2) is 9.97 Å². The van der Waals surface area contributed by atoms with Crippen molar-refractivity contribution < 1.29 is 33.6 Å². The van der Waals surface area contributed by atoms with Gasteiger partial charge in [0.25, 0.3) is 0 Å². The van der Waals surface area contributed by atoms with E-state index in [0.29, 0.717) is 56.1 Å². The van der Waals surface area contributed by atoms with E-state index < -0.39 is 11.2 Å². The van der Waals surface area contributed by atoms with Gasteiger partial charge in [-0.1, -0.05) is 42.0 Å². The molecule has 4 aliphatic rings. The summed E-state index contributed by atoms with van der Waals surface area (Å²) in [6.45, 7) is 18.1. The van der Waals surface area contributed by atoms with E-state index in [4.69, 9.17) is 28.9 Å². The Kier molecular flexibility index (Phi) is 16.1. The van der Waals surface area contributed by atoms with Gasteiger partial charge in [0.1, 0.15) is 17.2 Å². The topological polar surface area (TPSA) is 161 Å². The number of methoxy groups -OCH3 is 2. The number of fused-ring (bicyclic) bond motifs is 6. The SMILES string of the molecule is C.COCCCOc1cc2c(nc1C1CC1)-c1c(O)c(=O)c(C(C)=O)cn1[C@H](C(C)(C)C)C2.COCCCOc1cc2c(nc1C1CC1)-c1cc(=O)c(C(C)=O)cn1C(C)(C(C)C)C2.S. The Bertz CT molecular complexity index is 2530. The molecule has 0 bridgehead atoms. The highest BCUT2D eigenvalue weighted by Crippen LogP contribution is 2.50. The standard InChI is InChI=1S/C25H32N2O5.C25H32N2O4.CH4.H2S/c1-14(28)17-13-27-19(25(2,3)4)12-16-11-18(32-10-6-9-31-5)20(15-7-8-15)26-21(16)22(27)24(30)23(17)29;1-15(2)25(4)13-18-11-22(31-10-6-9-30-5)24(17-7-8-17)26-23(18)20-12-21(29)19(16(3)28)14-27(20)25;;/h11,13,15,19,30H,6-10,12H2,1-5H3;11-12,14-15,17H,6-10,13H2,1-5H3;1H4;1H2/t19-;;;/m0.../s1. The van der Waals surface area contributed by atoms with Gasteiger partial charge in [-0.2, -0.15) is 13.5 Å². The van der Waals surface area contributed by atoms with Gasteiger partial charge in [-0.3, -0.25) is 19.2 Å². The van der Waals surface area contributed by atoms with Crippen molar-refractivity contribution in [1.29, 1.82) is 0 Å². The van der Waals surface area contributed by atoms with Crippen molar-refractivity contribution in [3.8, 4) is 40.0 Å². The molecule has 2 atom stereocenters. The molecular formula is C51H70N4O9S. The van der Waals surface area contributed by atoms with Crippen LogP contribution in [0.2, 0.25) is 0 Å². The zero-order valence-corrected chi connectivity index (χ0v) is 40.2. The number of hydrogen-bond acceptors (Lipinski definition) is 11. The van der Waals surface area contributed by atoms with Gasteiger partial charge in [-0.15, -0.1) is 0 Å². The minimum Gasteiger partial charge on any atom is -0.503 e. The van der Waals surface area contributed by atoms with Crippen molar-refractivity contribution >= 4 is 25.1 Å². The van der Waals surface area contributed by atoms with Crippen LogP contribution in [0.1, 0.15) is 162 Å². The van der Waals surface area contributed by atoms with Gasteiger partial charge < -0.3 is 33.2 Å². The van der Waals surface area contributed by atoms with E-state index in [1.54, 1.807) is 32.7 Å². The van der Waals surface area contributed by atoms with E-state index in [1.165, 1.54) is 13.8 Å².